The number of hydrogen-bond acceptors (Lipinski definition) is 15. The van der Waals surface area contributed by atoms with E-state index in [4.69, 9.17) is 37.0 Å². The number of rotatable bonds is 73. The monoisotopic (exact) mass is 1540 g/mol. The number of ether oxygens (including phenoxy) is 4. The molecule has 0 spiro atoms. The van der Waals surface area contributed by atoms with Gasteiger partial charge < -0.3 is 33.8 Å². The first-order chi connectivity index (χ1) is 52.7. The minimum atomic E-state index is -5.02. The third-order valence-corrected chi connectivity index (χ3v) is 17.6. The highest BCUT2D eigenvalue weighted by atomic mass is 31.2. The molecule has 3 N–H and O–H groups in total. The summed E-state index contributed by atoms with van der Waals surface area (Å²) in [7, 11) is -10.0. The third-order valence-electron chi connectivity index (χ3n) is 15.7. The van der Waals surface area contributed by atoms with Crippen LogP contribution in [0.1, 0.15) is 272 Å². The molecule has 0 saturated heterocycles. The van der Waals surface area contributed by atoms with Crippen LogP contribution in [0.2, 0.25) is 0 Å². The fourth-order valence-corrected chi connectivity index (χ4v) is 11.3. The molecule has 0 aliphatic carbocycles. The van der Waals surface area contributed by atoms with Crippen LogP contribution in [-0.4, -0.2) is 96.7 Å². The smallest absolute Gasteiger partial charge is 0.462 e. The topological polar surface area (TPSA) is 237 Å². The van der Waals surface area contributed by atoms with Crippen LogP contribution in [0, 0.1) is 0 Å². The van der Waals surface area contributed by atoms with Crippen LogP contribution in [0.3, 0.4) is 0 Å². The van der Waals surface area contributed by atoms with Crippen molar-refractivity contribution < 1.29 is 80.2 Å². The van der Waals surface area contributed by atoms with Crippen LogP contribution in [0.25, 0.3) is 0 Å². The van der Waals surface area contributed by atoms with E-state index in [1.807, 2.05) is 30.4 Å². The van der Waals surface area contributed by atoms with Gasteiger partial charge in [0.25, 0.3) is 0 Å². The fourth-order valence-electron chi connectivity index (χ4n) is 9.71. The number of phosphoric ester groups is 2. The Bertz CT molecular complexity index is 2860. The maximum absolute atomic E-state index is 13.1. The van der Waals surface area contributed by atoms with Crippen LogP contribution in [0.5, 0.6) is 0 Å². The van der Waals surface area contributed by atoms with E-state index in [0.29, 0.717) is 38.5 Å². The van der Waals surface area contributed by atoms with Gasteiger partial charge in [0.2, 0.25) is 0 Å². The molecule has 5 unspecified atom stereocenters. The van der Waals surface area contributed by atoms with Crippen LogP contribution in [0.4, 0.5) is 0 Å². The van der Waals surface area contributed by atoms with Crippen molar-refractivity contribution in [2.45, 2.75) is 290 Å². The molecule has 0 fully saturated rings. The summed E-state index contributed by atoms with van der Waals surface area (Å²) in [6, 6.07) is 0. The molecular weight excluding hydrogens is 1400 g/mol. The second kappa shape index (κ2) is 78.8. The van der Waals surface area contributed by atoms with Gasteiger partial charge in [-0.3, -0.25) is 37.3 Å². The van der Waals surface area contributed by atoms with Crippen molar-refractivity contribution in [2.75, 3.05) is 39.6 Å². The maximum atomic E-state index is 13.1. The summed E-state index contributed by atoms with van der Waals surface area (Å²) in [6.45, 7) is 4.28. The minimum absolute atomic E-state index is 0.0204. The first-order valence-corrected chi connectivity index (χ1v) is 43.3. The lowest BCUT2D eigenvalue weighted by Gasteiger charge is -2.21. The van der Waals surface area contributed by atoms with Gasteiger partial charge in [-0.2, -0.15) is 0 Å². The van der Waals surface area contributed by atoms with Gasteiger partial charge in [-0.15, -0.1) is 0 Å². The first kappa shape index (κ1) is 102. The molecule has 0 saturated carbocycles. The zero-order valence-electron chi connectivity index (χ0n) is 66.4. The van der Waals surface area contributed by atoms with E-state index in [-0.39, 0.29) is 25.7 Å². The predicted molar refractivity (Wildman–Crippen MR) is 445 cm³/mol. The molecule has 0 aromatic heterocycles. The Morgan fingerprint density at radius 1 is 0.269 bits per heavy atom. The van der Waals surface area contributed by atoms with Crippen molar-refractivity contribution >= 4 is 39.5 Å². The average molecular weight is 1540 g/mol. The predicted octanol–water partition coefficient (Wildman–Crippen LogP) is 23.9. The molecule has 0 aliphatic rings. The average Bonchev–Trinajstić information content (AvgIpc) is 0.906. The van der Waals surface area contributed by atoms with E-state index in [2.05, 4.69) is 204 Å². The maximum Gasteiger partial charge on any atom is 0.472 e. The third kappa shape index (κ3) is 77.8. The lowest BCUT2D eigenvalue weighted by atomic mass is 10.1. The summed E-state index contributed by atoms with van der Waals surface area (Å²) in [5.41, 5.74) is 0. The van der Waals surface area contributed by atoms with E-state index in [1.165, 1.54) is 19.3 Å². The highest BCUT2D eigenvalue weighted by Gasteiger charge is 2.30. The largest absolute Gasteiger partial charge is 0.472 e. The van der Waals surface area contributed by atoms with Crippen LogP contribution >= 0.6 is 15.6 Å². The molecular formula is C89H140O17P2. The number of carbonyl (C=O) groups excluding carboxylic acids is 4. The summed E-state index contributed by atoms with van der Waals surface area (Å²) in [6.07, 6.45) is 98.2. The summed E-state index contributed by atoms with van der Waals surface area (Å²) >= 11 is 0. The normalized spacial score (nSPS) is 14.9. The zero-order valence-corrected chi connectivity index (χ0v) is 68.2. The van der Waals surface area contributed by atoms with Crippen molar-refractivity contribution in [3.8, 4) is 0 Å². The molecule has 608 valence electrons. The van der Waals surface area contributed by atoms with Gasteiger partial charge in [-0.05, 0) is 173 Å². The van der Waals surface area contributed by atoms with E-state index in [9.17, 15) is 43.2 Å². The lowest BCUT2D eigenvalue weighted by molar-refractivity contribution is -0.161. The molecule has 0 heterocycles. The highest BCUT2D eigenvalue weighted by Crippen LogP contribution is 2.45. The van der Waals surface area contributed by atoms with Crippen LogP contribution in [0.15, 0.2) is 207 Å². The number of esters is 4. The van der Waals surface area contributed by atoms with Gasteiger partial charge in [0.05, 0.1) is 26.4 Å². The van der Waals surface area contributed by atoms with Gasteiger partial charge in [0.1, 0.15) is 19.3 Å². The SMILES string of the molecule is CC/C=C\C/C=C\C/C=C\C/C=C\C/C=C\C/C=C\CCC(=O)OCC(COP(=O)(O)OCC(O)COP(=O)(O)OCC(COC(=O)CCC/C=C\C/C=C\C/C=C\C/C=C\C/C=C\CC)OC(=O)CCCCCCC/C=C\C/C=C\CCCCC)OC(=O)CCCCCC/C=C\C/C=C\C/C=C\C/C=C\CC. The molecule has 0 radical (unpaired) electrons. The Morgan fingerprint density at radius 3 is 0.824 bits per heavy atom. The fraction of sp³-hybridized carbons (Fsp3) is 0.573. The molecule has 17 nitrogen and oxygen atoms in total. The van der Waals surface area contributed by atoms with Gasteiger partial charge >= 0.3 is 39.5 Å². The molecule has 0 aromatic rings. The van der Waals surface area contributed by atoms with Crippen LogP contribution < -0.4 is 0 Å². The van der Waals surface area contributed by atoms with Crippen molar-refractivity contribution in [1.82, 2.24) is 0 Å². The standard InChI is InChI=1S/C89H140O17P2/c1-5-9-13-17-21-25-29-33-37-40-41-44-47-50-54-58-62-66-70-74-87(92)100-80-85(106-89(94)76-72-68-64-60-56-52-48-43-39-35-31-27-23-19-15-11-7-3)82-104-108(97,98)102-78-83(90)77-101-107(95,96)103-81-84(105-88(93)75-71-67-63-59-55-51-45-36-32-28-24-20-16-12-8-4)79-99-86(91)73-69-65-61-57-53-49-46-42-38-34-30-26-22-18-14-10-6-2/h9-11,13-15,21-28,33-39,41,44-46,48-50,52,54,57,61-62,66,83-85,90H,5-8,12,16-20,29-32,40,42-43,47,51,53,55-56,58-60,63-65,67-82H2,1-4H3,(H,95,96)(H,97,98)/b13-9-,14-10-,15-11-,25-21-,26-22-,27-23-,28-24-,37-33-,38-34-,39-35-,44-41-,45-36-,49-46-,52-48-,54-50-,61-57-,66-62-. The Kier molecular flexibility index (Phi) is 74.1. The molecule has 5 atom stereocenters. The van der Waals surface area contributed by atoms with Gasteiger partial charge in [0.15, 0.2) is 12.2 Å². The zero-order chi connectivity index (χ0) is 78.9. The Morgan fingerprint density at radius 2 is 0.509 bits per heavy atom. The van der Waals surface area contributed by atoms with Crippen molar-refractivity contribution in [2.24, 2.45) is 0 Å². The second-order valence-corrected chi connectivity index (χ2v) is 28.8. The van der Waals surface area contributed by atoms with Crippen LogP contribution in [-0.2, 0) is 65.4 Å². The summed E-state index contributed by atoms with van der Waals surface area (Å²) in [5.74, 6) is -2.41. The number of unbranched alkanes of at least 4 members (excludes halogenated alkanes) is 13. The van der Waals surface area contributed by atoms with Crippen molar-refractivity contribution in [3.05, 3.63) is 207 Å². The molecule has 108 heavy (non-hydrogen) atoms. The number of aliphatic hydroxyl groups is 1. The Balaban J connectivity index is 5.55. The number of hydrogen-bond donors (Lipinski definition) is 3. The van der Waals surface area contributed by atoms with Gasteiger partial charge in [-0.1, -0.05) is 279 Å². The summed E-state index contributed by atoms with van der Waals surface area (Å²) < 4.78 is 68.5. The number of carbonyl (C=O) groups is 4. The number of allylic oxidation sites excluding steroid dienone is 34. The van der Waals surface area contributed by atoms with Crippen molar-refractivity contribution in [1.29, 1.82) is 0 Å². The molecule has 19 heteroatoms. The Hall–Kier alpha value is -6.36. The van der Waals surface area contributed by atoms with Crippen molar-refractivity contribution in [3.63, 3.8) is 0 Å². The quantitative estimate of drug-likeness (QED) is 0.0169. The molecule has 0 amide bonds. The lowest BCUT2D eigenvalue weighted by Crippen LogP contribution is -2.30. The minimum Gasteiger partial charge on any atom is -0.462 e. The summed E-state index contributed by atoms with van der Waals surface area (Å²) in [5, 5.41) is 10.7. The van der Waals surface area contributed by atoms with Gasteiger partial charge in [0, 0.05) is 25.7 Å². The highest BCUT2D eigenvalue weighted by molar-refractivity contribution is 7.47. The molecule has 0 aromatic carbocycles. The van der Waals surface area contributed by atoms with E-state index in [1.54, 1.807) is 0 Å². The molecule has 0 bridgehead atoms. The molecule has 0 rings (SSSR count). The molecule has 0 aliphatic heterocycles. The first-order valence-electron chi connectivity index (χ1n) is 40.3. The van der Waals surface area contributed by atoms with Gasteiger partial charge in [-0.25, -0.2) is 9.13 Å². The second-order valence-electron chi connectivity index (χ2n) is 25.9. The van der Waals surface area contributed by atoms with E-state index in [0.717, 1.165) is 161 Å². The summed E-state index contributed by atoms with van der Waals surface area (Å²) in [4.78, 5) is 73.1. The Labute approximate surface area is 652 Å². The number of aliphatic hydroxyl groups excluding tert-OH is 1. The number of phosphoric acid groups is 2. The van der Waals surface area contributed by atoms with E-state index < -0.39 is 97.5 Å². The van der Waals surface area contributed by atoms with E-state index >= 15 is 0 Å².